The predicted octanol–water partition coefficient (Wildman–Crippen LogP) is 4.08. The Morgan fingerprint density at radius 2 is 1.87 bits per heavy atom. The van der Waals surface area contributed by atoms with Gasteiger partial charge in [0.1, 0.15) is 0 Å². The van der Waals surface area contributed by atoms with Crippen molar-refractivity contribution in [3.05, 3.63) is 65.0 Å². The van der Waals surface area contributed by atoms with Gasteiger partial charge in [-0.1, -0.05) is 35.4 Å². The molecule has 1 fully saturated rings. The first-order valence-corrected chi connectivity index (χ1v) is 10.9. The van der Waals surface area contributed by atoms with Crippen molar-refractivity contribution in [2.24, 2.45) is 4.99 Å². The number of guanidine groups is 1. The fraction of sp³-hybridized carbons (Fsp3) is 0.500. The van der Waals surface area contributed by atoms with Gasteiger partial charge in [-0.3, -0.25) is 14.9 Å². The molecule has 0 saturated carbocycles. The Bertz CT molecular complexity index is 765. The molecule has 164 valence electrons. The van der Waals surface area contributed by atoms with Crippen molar-refractivity contribution in [1.29, 1.82) is 0 Å². The maximum absolute atomic E-state index is 4.82. The first-order chi connectivity index (χ1) is 14.1. The predicted molar refractivity (Wildman–Crippen MR) is 137 cm³/mol. The maximum Gasteiger partial charge on any atom is 0.191 e. The van der Waals surface area contributed by atoms with Crippen LogP contribution in [-0.4, -0.2) is 48.1 Å². The molecule has 1 saturated heterocycles. The second kappa shape index (κ2) is 12.9. The van der Waals surface area contributed by atoms with Crippen molar-refractivity contribution >= 4 is 29.9 Å². The average Bonchev–Trinajstić information content (AvgIpc) is 2.70. The molecule has 1 aromatic carbocycles. The Labute approximate surface area is 198 Å². The van der Waals surface area contributed by atoms with Crippen molar-refractivity contribution in [1.82, 2.24) is 20.5 Å². The number of nitrogens with one attached hydrogen (secondary N) is 2. The number of halogens is 1. The van der Waals surface area contributed by atoms with E-state index in [0.29, 0.717) is 6.04 Å². The first kappa shape index (κ1) is 24.6. The van der Waals surface area contributed by atoms with E-state index in [1.54, 1.807) is 0 Å². The van der Waals surface area contributed by atoms with E-state index in [-0.39, 0.29) is 24.0 Å². The van der Waals surface area contributed by atoms with Gasteiger partial charge in [-0.05, 0) is 57.7 Å². The molecule has 3 rings (SSSR count). The van der Waals surface area contributed by atoms with Crippen LogP contribution in [0.2, 0.25) is 0 Å². The summed E-state index contributed by atoms with van der Waals surface area (Å²) < 4.78 is 0. The van der Waals surface area contributed by atoms with Gasteiger partial charge in [0.15, 0.2) is 5.96 Å². The van der Waals surface area contributed by atoms with E-state index in [1.165, 1.54) is 16.7 Å². The molecule has 5 nitrogen and oxygen atoms in total. The lowest BCUT2D eigenvalue weighted by atomic mass is 10.0. The summed E-state index contributed by atoms with van der Waals surface area (Å²) in [7, 11) is 0. The fourth-order valence-electron chi connectivity index (χ4n) is 3.98. The van der Waals surface area contributed by atoms with E-state index < -0.39 is 0 Å². The van der Waals surface area contributed by atoms with Crippen LogP contribution in [0, 0.1) is 13.8 Å². The number of benzene rings is 1. The monoisotopic (exact) mass is 521 g/mol. The molecular formula is C24H36IN5. The summed E-state index contributed by atoms with van der Waals surface area (Å²) in [5.74, 6) is 0.944. The summed E-state index contributed by atoms with van der Waals surface area (Å²) in [5.41, 5.74) is 5.17. The number of aliphatic imine (C=N–C) groups is 1. The minimum absolute atomic E-state index is 0. The number of hydrogen-bond donors (Lipinski definition) is 2. The van der Waals surface area contributed by atoms with Gasteiger partial charge in [-0.25, -0.2) is 0 Å². The van der Waals surface area contributed by atoms with Crippen molar-refractivity contribution in [3.63, 3.8) is 0 Å². The van der Waals surface area contributed by atoms with E-state index >= 15 is 0 Å². The third kappa shape index (κ3) is 8.22. The maximum atomic E-state index is 4.82. The Kier molecular flexibility index (Phi) is 10.6. The molecule has 2 N–H and O–H groups in total. The highest BCUT2D eigenvalue weighted by Gasteiger charge is 2.20. The van der Waals surface area contributed by atoms with E-state index in [4.69, 9.17) is 4.99 Å². The molecular weight excluding hydrogens is 485 g/mol. The zero-order valence-electron chi connectivity index (χ0n) is 18.5. The molecule has 1 aliphatic rings. The molecule has 2 heterocycles. The average molecular weight is 521 g/mol. The Balaban J connectivity index is 0.00000320. The lowest BCUT2D eigenvalue weighted by Crippen LogP contribution is -2.48. The molecule has 1 aliphatic heterocycles. The number of rotatable bonds is 7. The van der Waals surface area contributed by atoms with E-state index in [9.17, 15) is 0 Å². The van der Waals surface area contributed by atoms with Crippen LogP contribution in [0.15, 0.2) is 47.6 Å². The van der Waals surface area contributed by atoms with Crippen LogP contribution < -0.4 is 10.6 Å². The lowest BCUT2D eigenvalue weighted by molar-refractivity contribution is 0.196. The highest BCUT2D eigenvalue weighted by atomic mass is 127. The van der Waals surface area contributed by atoms with Gasteiger partial charge in [0.2, 0.25) is 0 Å². The van der Waals surface area contributed by atoms with Crippen LogP contribution in [0.4, 0.5) is 0 Å². The topological polar surface area (TPSA) is 52.6 Å². The van der Waals surface area contributed by atoms with Gasteiger partial charge >= 0.3 is 0 Å². The number of piperidine rings is 1. The zero-order valence-corrected chi connectivity index (χ0v) is 20.9. The van der Waals surface area contributed by atoms with E-state index in [2.05, 4.69) is 71.6 Å². The molecule has 0 aliphatic carbocycles. The second-order valence-electron chi connectivity index (χ2n) is 8.02. The van der Waals surface area contributed by atoms with Crippen molar-refractivity contribution < 1.29 is 0 Å². The highest BCUT2D eigenvalue weighted by Crippen LogP contribution is 2.13. The molecule has 2 aromatic rings. The molecule has 1 aromatic heterocycles. The van der Waals surface area contributed by atoms with Crippen LogP contribution in [-0.2, 0) is 13.0 Å². The molecule has 0 atom stereocenters. The van der Waals surface area contributed by atoms with Gasteiger partial charge in [0.05, 0.1) is 5.69 Å². The van der Waals surface area contributed by atoms with Crippen LogP contribution >= 0.6 is 24.0 Å². The molecule has 0 unspecified atom stereocenters. The smallest absolute Gasteiger partial charge is 0.191 e. The van der Waals surface area contributed by atoms with Gasteiger partial charge in [0.25, 0.3) is 0 Å². The summed E-state index contributed by atoms with van der Waals surface area (Å²) in [6.07, 6.45) is 5.12. The summed E-state index contributed by atoms with van der Waals surface area (Å²) in [5, 5.41) is 7.05. The SMILES string of the molecule is CCNC(=NCCc1cc(C)cc(C)c1)NC1CCN(Cc2ccccn2)CC1.I. The van der Waals surface area contributed by atoms with Crippen molar-refractivity contribution in [3.8, 4) is 0 Å². The molecule has 0 bridgehead atoms. The largest absolute Gasteiger partial charge is 0.357 e. The standard InChI is InChI=1S/C24H35N5.HI/c1-4-25-24(27-12-8-21-16-19(2)15-20(3)17-21)28-22-9-13-29(14-10-22)18-23-7-5-6-11-26-23;/h5-7,11,15-17,22H,4,8-10,12-14,18H2,1-3H3,(H2,25,27,28);1H. The fourth-order valence-corrected chi connectivity index (χ4v) is 3.98. The summed E-state index contributed by atoms with van der Waals surface area (Å²) in [4.78, 5) is 11.8. The molecule has 0 spiro atoms. The van der Waals surface area contributed by atoms with Crippen LogP contribution in [0.25, 0.3) is 0 Å². The van der Waals surface area contributed by atoms with Gasteiger partial charge in [-0.2, -0.15) is 0 Å². The minimum atomic E-state index is 0. The number of likely N-dealkylation sites (tertiary alicyclic amines) is 1. The number of nitrogens with zero attached hydrogens (tertiary/aromatic N) is 3. The highest BCUT2D eigenvalue weighted by molar-refractivity contribution is 14.0. The molecule has 6 heteroatoms. The van der Waals surface area contributed by atoms with Crippen molar-refractivity contribution in [2.45, 2.75) is 52.6 Å². The quantitative estimate of drug-likeness (QED) is 0.328. The zero-order chi connectivity index (χ0) is 20.5. The normalized spacial score (nSPS) is 15.5. The summed E-state index contributed by atoms with van der Waals surface area (Å²) >= 11 is 0. The number of hydrogen-bond acceptors (Lipinski definition) is 3. The molecule has 0 radical (unpaired) electrons. The van der Waals surface area contributed by atoms with Crippen LogP contribution in [0.5, 0.6) is 0 Å². The van der Waals surface area contributed by atoms with Crippen LogP contribution in [0.1, 0.15) is 42.1 Å². The second-order valence-corrected chi connectivity index (χ2v) is 8.02. The van der Waals surface area contributed by atoms with Crippen LogP contribution in [0.3, 0.4) is 0 Å². The van der Waals surface area contributed by atoms with E-state index in [1.807, 2.05) is 12.3 Å². The Morgan fingerprint density at radius 3 is 2.50 bits per heavy atom. The third-order valence-electron chi connectivity index (χ3n) is 5.34. The van der Waals surface area contributed by atoms with Gasteiger partial charge in [-0.15, -0.1) is 24.0 Å². The third-order valence-corrected chi connectivity index (χ3v) is 5.34. The summed E-state index contributed by atoms with van der Waals surface area (Å²) in [6.45, 7) is 11.3. The molecule has 0 amide bonds. The Morgan fingerprint density at radius 1 is 1.13 bits per heavy atom. The van der Waals surface area contributed by atoms with E-state index in [0.717, 1.165) is 63.6 Å². The Hall–Kier alpha value is -1.67. The first-order valence-electron chi connectivity index (χ1n) is 10.9. The number of aromatic nitrogens is 1. The van der Waals surface area contributed by atoms with Gasteiger partial charge in [0, 0.05) is 45.0 Å². The number of aryl methyl sites for hydroxylation is 2. The lowest BCUT2D eigenvalue weighted by Gasteiger charge is -2.32. The molecule has 30 heavy (non-hydrogen) atoms. The minimum Gasteiger partial charge on any atom is -0.357 e. The summed E-state index contributed by atoms with van der Waals surface area (Å²) in [6, 6.07) is 13.4. The number of pyridine rings is 1. The van der Waals surface area contributed by atoms with Gasteiger partial charge < -0.3 is 10.6 Å². The van der Waals surface area contributed by atoms with Crippen molar-refractivity contribution in [2.75, 3.05) is 26.2 Å².